The molecule has 0 saturated carbocycles. The predicted molar refractivity (Wildman–Crippen MR) is 69.4 cm³/mol. The van der Waals surface area contributed by atoms with Gasteiger partial charge in [-0.25, -0.2) is 0 Å². The highest BCUT2D eigenvalue weighted by Crippen LogP contribution is 2.36. The summed E-state index contributed by atoms with van der Waals surface area (Å²) in [5.74, 6) is 1.59. The van der Waals surface area contributed by atoms with E-state index in [0.29, 0.717) is 6.79 Å². The van der Waals surface area contributed by atoms with Gasteiger partial charge in [0.15, 0.2) is 11.5 Å². The van der Waals surface area contributed by atoms with Crippen molar-refractivity contribution in [1.82, 2.24) is 15.5 Å². The van der Waals surface area contributed by atoms with E-state index in [4.69, 9.17) is 9.47 Å². The minimum absolute atomic E-state index is 0.298. The Kier molecular flexibility index (Phi) is 3.21. The van der Waals surface area contributed by atoms with Gasteiger partial charge in [-0.05, 0) is 23.8 Å². The van der Waals surface area contributed by atoms with Crippen LogP contribution in [0.2, 0.25) is 0 Å². The van der Waals surface area contributed by atoms with Gasteiger partial charge in [0.05, 0.1) is 0 Å². The van der Waals surface area contributed by atoms with E-state index in [1.54, 1.807) is 6.20 Å². The molecule has 2 N–H and O–H groups in total. The molecule has 0 fully saturated rings. The lowest BCUT2D eigenvalue weighted by Gasteiger charge is -2.07. The van der Waals surface area contributed by atoms with Crippen LogP contribution in [-0.4, -0.2) is 17.0 Å². The van der Waals surface area contributed by atoms with Crippen molar-refractivity contribution in [2.24, 2.45) is 0 Å². The van der Waals surface area contributed by atoms with Crippen LogP contribution in [-0.2, 0) is 13.1 Å². The summed E-state index contributed by atoms with van der Waals surface area (Å²) in [6.45, 7) is 1.80. The SMILES string of the molecule is Brc1cc2c(cc1CNCc1ccn[nH]1)OCO2. The van der Waals surface area contributed by atoms with E-state index in [1.807, 2.05) is 18.2 Å². The Hall–Kier alpha value is -1.53. The first-order chi connectivity index (χ1) is 8.83. The monoisotopic (exact) mass is 309 g/mol. The van der Waals surface area contributed by atoms with E-state index < -0.39 is 0 Å². The highest BCUT2D eigenvalue weighted by Gasteiger charge is 2.15. The van der Waals surface area contributed by atoms with Gasteiger partial charge in [-0.15, -0.1) is 0 Å². The number of ether oxygens (including phenoxy) is 2. The fourth-order valence-corrected chi connectivity index (χ4v) is 2.27. The van der Waals surface area contributed by atoms with Crippen molar-refractivity contribution in [2.45, 2.75) is 13.1 Å². The fourth-order valence-electron chi connectivity index (χ4n) is 1.81. The van der Waals surface area contributed by atoms with Crippen molar-refractivity contribution < 1.29 is 9.47 Å². The normalized spacial score (nSPS) is 12.9. The standard InChI is InChI=1S/C12H12BrN3O2/c13-10-4-12-11(17-7-18-12)3-8(10)5-14-6-9-1-2-15-16-9/h1-4,14H,5-7H2,(H,15,16). The molecule has 1 aliphatic heterocycles. The van der Waals surface area contributed by atoms with Gasteiger partial charge in [-0.1, -0.05) is 15.9 Å². The smallest absolute Gasteiger partial charge is 0.231 e. The first-order valence-corrected chi connectivity index (χ1v) is 6.39. The van der Waals surface area contributed by atoms with Crippen LogP contribution in [0.4, 0.5) is 0 Å². The number of benzene rings is 1. The zero-order chi connectivity index (χ0) is 12.4. The molecule has 0 saturated heterocycles. The van der Waals surface area contributed by atoms with Gasteiger partial charge in [0.1, 0.15) is 0 Å². The van der Waals surface area contributed by atoms with Gasteiger partial charge < -0.3 is 14.8 Å². The van der Waals surface area contributed by atoms with E-state index in [0.717, 1.165) is 40.3 Å². The minimum Gasteiger partial charge on any atom is -0.454 e. The maximum absolute atomic E-state index is 5.36. The molecule has 0 unspecified atom stereocenters. The number of nitrogens with one attached hydrogen (secondary N) is 2. The average molecular weight is 310 g/mol. The average Bonchev–Trinajstić information content (AvgIpc) is 3.00. The molecule has 1 aromatic heterocycles. The Morgan fingerprint density at radius 3 is 2.89 bits per heavy atom. The topological polar surface area (TPSA) is 59.2 Å². The molecule has 3 rings (SSSR count). The van der Waals surface area contributed by atoms with Crippen LogP contribution in [0.1, 0.15) is 11.3 Å². The maximum Gasteiger partial charge on any atom is 0.231 e. The third-order valence-corrected chi connectivity index (χ3v) is 3.47. The Balaban J connectivity index is 1.66. The summed E-state index contributed by atoms with van der Waals surface area (Å²) in [5.41, 5.74) is 2.20. The lowest BCUT2D eigenvalue weighted by atomic mass is 10.2. The summed E-state index contributed by atoms with van der Waals surface area (Å²) in [6, 6.07) is 5.88. The fraction of sp³-hybridized carbons (Fsp3) is 0.250. The van der Waals surface area contributed by atoms with E-state index in [1.165, 1.54) is 0 Å². The van der Waals surface area contributed by atoms with E-state index in [-0.39, 0.29) is 0 Å². The number of rotatable bonds is 4. The maximum atomic E-state index is 5.36. The molecular weight excluding hydrogens is 298 g/mol. The molecule has 0 atom stereocenters. The van der Waals surface area contributed by atoms with Gasteiger partial charge in [-0.2, -0.15) is 5.10 Å². The van der Waals surface area contributed by atoms with Gasteiger partial charge >= 0.3 is 0 Å². The first kappa shape index (κ1) is 11.6. The molecule has 1 aromatic carbocycles. The quantitative estimate of drug-likeness (QED) is 0.909. The van der Waals surface area contributed by atoms with Crippen LogP contribution in [0.5, 0.6) is 11.5 Å². The number of fused-ring (bicyclic) bond motifs is 1. The van der Waals surface area contributed by atoms with Crippen LogP contribution < -0.4 is 14.8 Å². The molecule has 0 spiro atoms. The molecule has 0 bridgehead atoms. The molecule has 2 aromatic rings. The third-order valence-electron chi connectivity index (χ3n) is 2.73. The van der Waals surface area contributed by atoms with Crippen molar-refractivity contribution in [1.29, 1.82) is 0 Å². The third kappa shape index (κ3) is 2.34. The Morgan fingerprint density at radius 1 is 1.28 bits per heavy atom. The van der Waals surface area contributed by atoms with Crippen molar-refractivity contribution in [2.75, 3.05) is 6.79 Å². The van der Waals surface area contributed by atoms with Crippen molar-refractivity contribution in [3.05, 3.63) is 40.1 Å². The second-order valence-corrected chi connectivity index (χ2v) is 4.84. The number of nitrogens with zero attached hydrogens (tertiary/aromatic N) is 1. The summed E-state index contributed by atoms with van der Waals surface area (Å²) in [7, 11) is 0. The number of aromatic nitrogens is 2. The van der Waals surface area contributed by atoms with Crippen LogP contribution in [0.15, 0.2) is 28.9 Å². The second kappa shape index (κ2) is 4.99. The molecule has 1 aliphatic rings. The number of hydrogen-bond donors (Lipinski definition) is 2. The molecular formula is C12H12BrN3O2. The van der Waals surface area contributed by atoms with Crippen LogP contribution >= 0.6 is 15.9 Å². The number of H-pyrrole nitrogens is 1. The Morgan fingerprint density at radius 2 is 2.11 bits per heavy atom. The molecule has 5 nitrogen and oxygen atoms in total. The Labute approximate surface area is 113 Å². The van der Waals surface area contributed by atoms with Crippen LogP contribution in [0.3, 0.4) is 0 Å². The lowest BCUT2D eigenvalue weighted by Crippen LogP contribution is -2.13. The summed E-state index contributed by atoms with van der Waals surface area (Å²) >= 11 is 3.53. The van der Waals surface area contributed by atoms with Crippen molar-refractivity contribution in [3.63, 3.8) is 0 Å². The van der Waals surface area contributed by atoms with Gasteiger partial charge in [0.25, 0.3) is 0 Å². The molecule has 0 aliphatic carbocycles. The zero-order valence-electron chi connectivity index (χ0n) is 9.57. The lowest BCUT2D eigenvalue weighted by molar-refractivity contribution is 0.174. The number of hydrogen-bond acceptors (Lipinski definition) is 4. The van der Waals surface area contributed by atoms with E-state index in [9.17, 15) is 0 Å². The van der Waals surface area contributed by atoms with E-state index in [2.05, 4.69) is 31.4 Å². The highest BCUT2D eigenvalue weighted by atomic mass is 79.9. The molecule has 0 amide bonds. The summed E-state index contributed by atoms with van der Waals surface area (Å²) in [6.07, 6.45) is 1.74. The molecule has 94 valence electrons. The molecule has 18 heavy (non-hydrogen) atoms. The van der Waals surface area contributed by atoms with Crippen molar-refractivity contribution >= 4 is 15.9 Å². The second-order valence-electron chi connectivity index (χ2n) is 3.98. The van der Waals surface area contributed by atoms with Gasteiger partial charge in [0.2, 0.25) is 6.79 Å². The van der Waals surface area contributed by atoms with E-state index >= 15 is 0 Å². The minimum atomic E-state index is 0.298. The molecule has 6 heteroatoms. The van der Waals surface area contributed by atoms with Crippen LogP contribution in [0.25, 0.3) is 0 Å². The molecule has 2 heterocycles. The van der Waals surface area contributed by atoms with Crippen LogP contribution in [0, 0.1) is 0 Å². The summed E-state index contributed by atoms with van der Waals surface area (Å²) < 4.78 is 11.7. The summed E-state index contributed by atoms with van der Waals surface area (Å²) in [4.78, 5) is 0. The zero-order valence-corrected chi connectivity index (χ0v) is 11.2. The Bertz CT molecular complexity index is 543. The van der Waals surface area contributed by atoms with Gasteiger partial charge in [-0.3, -0.25) is 5.10 Å². The number of halogens is 1. The first-order valence-electron chi connectivity index (χ1n) is 5.60. The summed E-state index contributed by atoms with van der Waals surface area (Å²) in [5, 5.41) is 10.2. The highest BCUT2D eigenvalue weighted by molar-refractivity contribution is 9.10. The molecule has 0 radical (unpaired) electrons. The van der Waals surface area contributed by atoms with Gasteiger partial charge in [0, 0.05) is 29.5 Å². The number of aromatic amines is 1. The largest absolute Gasteiger partial charge is 0.454 e. The predicted octanol–water partition coefficient (Wildman–Crippen LogP) is 2.19. The van der Waals surface area contributed by atoms with Crippen molar-refractivity contribution in [3.8, 4) is 11.5 Å².